The summed E-state index contributed by atoms with van der Waals surface area (Å²) in [5.41, 5.74) is 3.17. The maximum Gasteiger partial charge on any atom is 0.326 e. The van der Waals surface area contributed by atoms with Gasteiger partial charge in [0, 0.05) is 15.6 Å². The molecule has 4 rings (SSSR count). The van der Waals surface area contributed by atoms with Crippen molar-refractivity contribution in [3.8, 4) is 16.9 Å². The quantitative estimate of drug-likeness (QED) is 0.520. The maximum absolute atomic E-state index is 13.6. The van der Waals surface area contributed by atoms with Gasteiger partial charge < -0.3 is 14.7 Å². The van der Waals surface area contributed by atoms with Crippen molar-refractivity contribution >= 4 is 27.8 Å². The standard InChI is InChI=1S/C25H22BrNO4/c1-31-23-15-17(11-12-18(23)16-7-3-2-4-8-16)24(28)27-21(13-14-22(27)25(29)30)19-9-5-6-10-20(19)26/h2-12,15,21-22H,13-14H2,1H3,(H,29,30)/t21-,22+/m1/s1. The Balaban J connectivity index is 1.73. The van der Waals surface area contributed by atoms with E-state index >= 15 is 0 Å². The minimum Gasteiger partial charge on any atom is -0.496 e. The molecule has 1 aliphatic heterocycles. The predicted molar refractivity (Wildman–Crippen MR) is 122 cm³/mol. The van der Waals surface area contributed by atoms with Crippen LogP contribution in [0.5, 0.6) is 5.75 Å². The Hall–Kier alpha value is -3.12. The molecule has 1 amide bonds. The predicted octanol–water partition coefficient (Wildman–Crippen LogP) is 5.56. The number of aliphatic carboxylic acids is 1. The monoisotopic (exact) mass is 479 g/mol. The molecule has 1 aliphatic rings. The molecule has 0 bridgehead atoms. The Bertz CT molecular complexity index is 1120. The summed E-state index contributed by atoms with van der Waals surface area (Å²) in [7, 11) is 1.57. The zero-order chi connectivity index (χ0) is 22.0. The number of carboxylic acid groups (broad SMARTS) is 1. The number of carbonyl (C=O) groups is 2. The number of rotatable bonds is 5. The summed E-state index contributed by atoms with van der Waals surface area (Å²) >= 11 is 3.55. The Morgan fingerprint density at radius 1 is 1.00 bits per heavy atom. The molecule has 1 fully saturated rings. The minimum atomic E-state index is -0.990. The van der Waals surface area contributed by atoms with Crippen LogP contribution in [0.1, 0.15) is 34.8 Å². The summed E-state index contributed by atoms with van der Waals surface area (Å²) in [5.74, 6) is -0.736. The Morgan fingerprint density at radius 2 is 1.71 bits per heavy atom. The summed E-state index contributed by atoms with van der Waals surface area (Å²) in [4.78, 5) is 27.0. The van der Waals surface area contributed by atoms with Crippen molar-refractivity contribution in [1.82, 2.24) is 4.90 Å². The van der Waals surface area contributed by atoms with Crippen LogP contribution >= 0.6 is 15.9 Å². The first kappa shape index (κ1) is 21.1. The molecule has 158 valence electrons. The number of nitrogens with zero attached hydrogens (tertiary/aromatic N) is 1. The van der Waals surface area contributed by atoms with Crippen molar-refractivity contribution in [2.24, 2.45) is 0 Å². The fraction of sp³-hybridized carbons (Fsp3) is 0.200. The van der Waals surface area contributed by atoms with E-state index in [1.165, 1.54) is 4.90 Å². The summed E-state index contributed by atoms with van der Waals surface area (Å²) in [6.07, 6.45) is 0.997. The first-order valence-corrected chi connectivity index (χ1v) is 10.8. The van der Waals surface area contributed by atoms with Crippen LogP contribution < -0.4 is 4.74 Å². The van der Waals surface area contributed by atoms with Crippen molar-refractivity contribution in [3.05, 3.63) is 88.4 Å². The van der Waals surface area contributed by atoms with Gasteiger partial charge in [-0.25, -0.2) is 4.79 Å². The van der Waals surface area contributed by atoms with Gasteiger partial charge >= 0.3 is 5.97 Å². The van der Waals surface area contributed by atoms with Crippen LogP contribution in [0.25, 0.3) is 11.1 Å². The number of methoxy groups -OCH3 is 1. The number of hydrogen-bond donors (Lipinski definition) is 1. The number of carbonyl (C=O) groups excluding carboxylic acids is 1. The van der Waals surface area contributed by atoms with Crippen LogP contribution in [0, 0.1) is 0 Å². The molecule has 5 nitrogen and oxygen atoms in total. The molecule has 1 heterocycles. The Morgan fingerprint density at radius 3 is 2.39 bits per heavy atom. The first-order chi connectivity index (χ1) is 15.0. The topological polar surface area (TPSA) is 66.8 Å². The van der Waals surface area contributed by atoms with Gasteiger partial charge in [0.2, 0.25) is 0 Å². The SMILES string of the molecule is COc1cc(C(=O)N2[C@@H](c3ccccc3Br)CC[C@H]2C(=O)O)ccc1-c1ccccc1. The average Bonchev–Trinajstić information content (AvgIpc) is 3.24. The molecule has 0 aliphatic carbocycles. The largest absolute Gasteiger partial charge is 0.496 e. The van der Waals surface area contributed by atoms with Gasteiger partial charge in [-0.05, 0) is 48.2 Å². The molecule has 2 atom stereocenters. The molecular formula is C25H22BrNO4. The molecule has 1 N–H and O–H groups in total. The van der Waals surface area contributed by atoms with Crippen molar-refractivity contribution in [1.29, 1.82) is 0 Å². The van der Waals surface area contributed by atoms with Gasteiger partial charge in [0.1, 0.15) is 11.8 Å². The van der Waals surface area contributed by atoms with Gasteiger partial charge in [-0.15, -0.1) is 0 Å². The molecule has 0 radical (unpaired) electrons. The van der Waals surface area contributed by atoms with Gasteiger partial charge in [0.25, 0.3) is 5.91 Å². The molecule has 0 spiro atoms. The first-order valence-electron chi connectivity index (χ1n) is 10.0. The number of likely N-dealkylation sites (tertiary alicyclic amines) is 1. The summed E-state index contributed by atoms with van der Waals surface area (Å²) in [6.45, 7) is 0. The van der Waals surface area contributed by atoms with Gasteiger partial charge in [-0.1, -0.05) is 64.5 Å². The van der Waals surface area contributed by atoms with E-state index in [0.717, 1.165) is 21.2 Å². The number of amides is 1. The van der Waals surface area contributed by atoms with Crippen molar-refractivity contribution in [2.75, 3.05) is 7.11 Å². The van der Waals surface area contributed by atoms with Gasteiger partial charge in [0.05, 0.1) is 13.2 Å². The lowest BCUT2D eigenvalue weighted by Crippen LogP contribution is -2.41. The second-order valence-electron chi connectivity index (χ2n) is 7.46. The highest BCUT2D eigenvalue weighted by molar-refractivity contribution is 9.10. The number of hydrogen-bond acceptors (Lipinski definition) is 3. The van der Waals surface area contributed by atoms with E-state index in [0.29, 0.717) is 24.2 Å². The van der Waals surface area contributed by atoms with Crippen molar-refractivity contribution in [2.45, 2.75) is 24.9 Å². The van der Waals surface area contributed by atoms with E-state index in [1.54, 1.807) is 19.2 Å². The smallest absolute Gasteiger partial charge is 0.326 e. The van der Waals surface area contributed by atoms with Crippen LogP contribution in [-0.4, -0.2) is 35.0 Å². The molecule has 3 aromatic carbocycles. The highest BCUT2D eigenvalue weighted by atomic mass is 79.9. The molecule has 0 unspecified atom stereocenters. The Kier molecular flexibility index (Phi) is 6.09. The number of halogens is 1. The molecule has 3 aromatic rings. The van der Waals surface area contributed by atoms with E-state index in [2.05, 4.69) is 15.9 Å². The number of carboxylic acids is 1. The number of benzene rings is 3. The zero-order valence-electron chi connectivity index (χ0n) is 17.0. The molecular weight excluding hydrogens is 458 g/mol. The van der Waals surface area contributed by atoms with Crippen LogP contribution in [0.2, 0.25) is 0 Å². The fourth-order valence-electron chi connectivity index (χ4n) is 4.22. The second-order valence-corrected chi connectivity index (χ2v) is 8.32. The lowest BCUT2D eigenvalue weighted by atomic mass is 10.0. The summed E-state index contributed by atoms with van der Waals surface area (Å²) in [6, 6.07) is 21.5. The lowest BCUT2D eigenvalue weighted by molar-refractivity contribution is -0.141. The van der Waals surface area contributed by atoms with E-state index < -0.39 is 12.0 Å². The van der Waals surface area contributed by atoms with Crippen LogP contribution in [0.4, 0.5) is 0 Å². The maximum atomic E-state index is 13.6. The number of ether oxygens (including phenoxy) is 1. The fourth-order valence-corrected chi connectivity index (χ4v) is 4.77. The highest BCUT2D eigenvalue weighted by Gasteiger charge is 2.42. The van der Waals surface area contributed by atoms with Crippen LogP contribution in [0.3, 0.4) is 0 Å². The molecule has 0 saturated carbocycles. The minimum absolute atomic E-state index is 0.316. The normalized spacial score (nSPS) is 18.1. The Labute approximate surface area is 189 Å². The van der Waals surface area contributed by atoms with E-state index in [9.17, 15) is 14.7 Å². The van der Waals surface area contributed by atoms with E-state index in [1.807, 2.05) is 60.7 Å². The average molecular weight is 480 g/mol. The molecule has 1 saturated heterocycles. The van der Waals surface area contributed by atoms with Crippen molar-refractivity contribution < 1.29 is 19.4 Å². The van der Waals surface area contributed by atoms with Crippen LogP contribution in [0.15, 0.2) is 77.3 Å². The highest BCUT2D eigenvalue weighted by Crippen LogP contribution is 2.41. The molecule has 6 heteroatoms. The third-order valence-electron chi connectivity index (χ3n) is 5.70. The van der Waals surface area contributed by atoms with E-state index in [-0.39, 0.29) is 11.9 Å². The third kappa shape index (κ3) is 4.08. The van der Waals surface area contributed by atoms with Gasteiger partial charge in [-0.2, -0.15) is 0 Å². The van der Waals surface area contributed by atoms with E-state index in [4.69, 9.17) is 4.74 Å². The van der Waals surface area contributed by atoms with Gasteiger partial charge in [-0.3, -0.25) is 4.79 Å². The summed E-state index contributed by atoms with van der Waals surface area (Å²) < 4.78 is 6.43. The molecule has 0 aromatic heterocycles. The van der Waals surface area contributed by atoms with Gasteiger partial charge in [0.15, 0.2) is 0 Å². The summed E-state index contributed by atoms with van der Waals surface area (Å²) in [5, 5.41) is 9.78. The molecule has 31 heavy (non-hydrogen) atoms. The lowest BCUT2D eigenvalue weighted by Gasteiger charge is -2.29. The van der Waals surface area contributed by atoms with Crippen LogP contribution in [-0.2, 0) is 4.79 Å². The second kappa shape index (κ2) is 8.94. The zero-order valence-corrected chi connectivity index (χ0v) is 18.6. The van der Waals surface area contributed by atoms with Crippen molar-refractivity contribution in [3.63, 3.8) is 0 Å². The third-order valence-corrected chi connectivity index (χ3v) is 6.42.